The molecule has 7 heteroatoms. The van der Waals surface area contributed by atoms with E-state index < -0.39 is 0 Å². The van der Waals surface area contributed by atoms with Crippen molar-refractivity contribution in [1.82, 2.24) is 29.7 Å². The van der Waals surface area contributed by atoms with Crippen molar-refractivity contribution in [3.8, 4) is 11.5 Å². The van der Waals surface area contributed by atoms with E-state index in [2.05, 4.69) is 37.6 Å². The smallest absolute Gasteiger partial charge is 0.180 e. The number of pyridine rings is 1. The van der Waals surface area contributed by atoms with Gasteiger partial charge in [-0.1, -0.05) is 19.4 Å². The molecule has 0 N–H and O–H groups in total. The third-order valence-corrected chi connectivity index (χ3v) is 6.01. The van der Waals surface area contributed by atoms with E-state index in [0.29, 0.717) is 5.82 Å². The van der Waals surface area contributed by atoms with Gasteiger partial charge in [0.15, 0.2) is 11.6 Å². The summed E-state index contributed by atoms with van der Waals surface area (Å²) in [6, 6.07) is 8.23. The molecule has 2 aliphatic rings. The molecule has 0 spiro atoms. The molecule has 0 amide bonds. The average Bonchev–Trinajstić information content (AvgIpc) is 3.34. The molecule has 0 radical (unpaired) electrons. The Bertz CT molecular complexity index is 982. The van der Waals surface area contributed by atoms with Gasteiger partial charge < -0.3 is 9.47 Å². The summed E-state index contributed by atoms with van der Waals surface area (Å²) < 4.78 is 2.37. The minimum absolute atomic E-state index is 0.227. The van der Waals surface area contributed by atoms with Gasteiger partial charge in [-0.25, -0.2) is 9.97 Å². The Kier molecular flexibility index (Phi) is 4.96. The van der Waals surface area contributed by atoms with Crippen LogP contribution in [0.4, 0.5) is 5.82 Å². The van der Waals surface area contributed by atoms with Crippen LogP contribution >= 0.6 is 0 Å². The average molecular weight is 390 g/mol. The van der Waals surface area contributed by atoms with Crippen LogP contribution in [0.3, 0.4) is 0 Å². The number of fused-ring (bicyclic) bond motifs is 1. The molecular formula is C22H27N7. The number of hydrogen-bond acceptors (Lipinski definition) is 6. The van der Waals surface area contributed by atoms with Crippen molar-refractivity contribution in [3.05, 3.63) is 47.8 Å². The Morgan fingerprint density at radius 3 is 2.86 bits per heavy atom. The van der Waals surface area contributed by atoms with Crippen LogP contribution in [-0.2, 0) is 19.4 Å². The van der Waals surface area contributed by atoms with Gasteiger partial charge in [0.2, 0.25) is 0 Å². The predicted molar refractivity (Wildman–Crippen MR) is 112 cm³/mol. The van der Waals surface area contributed by atoms with Crippen molar-refractivity contribution in [2.24, 2.45) is 0 Å². The van der Waals surface area contributed by atoms with E-state index in [1.165, 1.54) is 19.3 Å². The summed E-state index contributed by atoms with van der Waals surface area (Å²) in [7, 11) is 0. The van der Waals surface area contributed by atoms with Crippen LogP contribution in [-0.4, -0.2) is 36.3 Å². The topological polar surface area (TPSA) is 72.6 Å². The largest absolute Gasteiger partial charge is 0.346 e. The zero-order valence-corrected chi connectivity index (χ0v) is 17.0. The third kappa shape index (κ3) is 3.50. The molecule has 0 bridgehead atoms. The maximum Gasteiger partial charge on any atom is 0.180 e. The molecule has 0 aromatic carbocycles. The fraction of sp³-hybridized carbons (Fsp3) is 0.500. The lowest BCUT2D eigenvalue weighted by atomic mass is 10.2. The second-order valence-corrected chi connectivity index (χ2v) is 7.90. The van der Waals surface area contributed by atoms with Crippen LogP contribution in [0.15, 0.2) is 30.5 Å². The van der Waals surface area contributed by atoms with Crippen molar-refractivity contribution in [1.29, 1.82) is 0 Å². The van der Waals surface area contributed by atoms with Crippen LogP contribution in [0, 0.1) is 0 Å². The van der Waals surface area contributed by atoms with E-state index in [1.807, 2.05) is 18.2 Å². The Hall–Kier alpha value is -2.83. The van der Waals surface area contributed by atoms with Gasteiger partial charge in [0.05, 0.1) is 6.04 Å². The fourth-order valence-electron chi connectivity index (χ4n) is 4.48. The highest BCUT2D eigenvalue weighted by Gasteiger charge is 2.33. The lowest BCUT2D eigenvalue weighted by Crippen LogP contribution is -2.27. The van der Waals surface area contributed by atoms with Crippen LogP contribution in [0.2, 0.25) is 0 Å². The maximum atomic E-state index is 4.92. The first-order valence-corrected chi connectivity index (χ1v) is 10.8. The minimum Gasteiger partial charge on any atom is -0.346 e. The zero-order chi connectivity index (χ0) is 19.6. The molecule has 7 nitrogen and oxygen atoms in total. The third-order valence-electron chi connectivity index (χ3n) is 6.01. The molecule has 29 heavy (non-hydrogen) atoms. The molecule has 5 rings (SSSR count). The highest BCUT2D eigenvalue weighted by molar-refractivity contribution is 5.54. The van der Waals surface area contributed by atoms with Gasteiger partial charge in [0.25, 0.3) is 0 Å². The monoisotopic (exact) mass is 389 g/mol. The van der Waals surface area contributed by atoms with E-state index in [1.54, 1.807) is 6.20 Å². The molecule has 1 fully saturated rings. The number of nitrogens with zero attached hydrogens (tertiary/aromatic N) is 7. The molecule has 5 heterocycles. The molecule has 0 aliphatic carbocycles. The van der Waals surface area contributed by atoms with Gasteiger partial charge in [-0.15, -0.1) is 10.2 Å². The van der Waals surface area contributed by atoms with Gasteiger partial charge in [-0.3, -0.25) is 4.98 Å². The Labute approximate surface area is 171 Å². The summed E-state index contributed by atoms with van der Waals surface area (Å²) in [6.45, 7) is 4.15. The summed E-state index contributed by atoms with van der Waals surface area (Å²) in [6.07, 6.45) is 9.62. The summed E-state index contributed by atoms with van der Waals surface area (Å²) in [4.78, 5) is 16.5. The molecule has 3 aromatic heterocycles. The molecule has 1 unspecified atom stereocenters. The van der Waals surface area contributed by atoms with Crippen LogP contribution in [0.25, 0.3) is 11.5 Å². The number of aryl methyl sites for hydroxylation is 2. The summed E-state index contributed by atoms with van der Waals surface area (Å²) in [5, 5.41) is 9.17. The fourth-order valence-corrected chi connectivity index (χ4v) is 4.48. The SMILES string of the molecule is CCc1cc(N2CCCC2c2nnc3n2CCCCC3)nc(-c2ccccn2)n1. The van der Waals surface area contributed by atoms with E-state index in [0.717, 1.165) is 67.6 Å². The molecule has 1 atom stereocenters. The number of anilines is 1. The first-order chi connectivity index (χ1) is 14.3. The van der Waals surface area contributed by atoms with Crippen molar-refractivity contribution >= 4 is 5.82 Å². The molecule has 3 aromatic rings. The second-order valence-electron chi connectivity index (χ2n) is 7.90. The Morgan fingerprint density at radius 2 is 2.00 bits per heavy atom. The quantitative estimate of drug-likeness (QED) is 0.676. The number of rotatable bonds is 4. The highest BCUT2D eigenvalue weighted by atomic mass is 15.3. The minimum atomic E-state index is 0.227. The number of aromatic nitrogens is 6. The van der Waals surface area contributed by atoms with E-state index in [4.69, 9.17) is 9.97 Å². The normalized spacial score (nSPS) is 19.2. The maximum absolute atomic E-state index is 4.92. The van der Waals surface area contributed by atoms with Crippen molar-refractivity contribution < 1.29 is 0 Å². The van der Waals surface area contributed by atoms with Crippen LogP contribution in [0.5, 0.6) is 0 Å². The summed E-state index contributed by atoms with van der Waals surface area (Å²) in [5.41, 5.74) is 1.86. The standard InChI is InChI=1S/C22H27N7/c1-2-16-15-20(25-21(24-16)17-9-5-6-12-23-17)28-14-8-10-18(28)22-27-26-19-11-4-3-7-13-29(19)22/h5-6,9,12,15,18H,2-4,7-8,10-11,13-14H2,1H3. The van der Waals surface area contributed by atoms with Crippen molar-refractivity contribution in [2.75, 3.05) is 11.4 Å². The van der Waals surface area contributed by atoms with E-state index in [-0.39, 0.29) is 6.04 Å². The van der Waals surface area contributed by atoms with Crippen molar-refractivity contribution in [2.45, 2.75) is 64.5 Å². The molecule has 2 aliphatic heterocycles. The molecule has 0 saturated carbocycles. The number of hydrogen-bond donors (Lipinski definition) is 0. The van der Waals surface area contributed by atoms with Crippen molar-refractivity contribution in [3.63, 3.8) is 0 Å². The highest BCUT2D eigenvalue weighted by Crippen LogP contribution is 2.36. The summed E-state index contributed by atoms with van der Waals surface area (Å²) >= 11 is 0. The lowest BCUT2D eigenvalue weighted by Gasteiger charge is -2.26. The van der Waals surface area contributed by atoms with Crippen LogP contribution < -0.4 is 4.90 Å². The zero-order valence-electron chi connectivity index (χ0n) is 17.0. The first-order valence-electron chi connectivity index (χ1n) is 10.8. The second kappa shape index (κ2) is 7.89. The Balaban J connectivity index is 1.53. The summed E-state index contributed by atoms with van der Waals surface area (Å²) in [5.74, 6) is 3.93. The molecule has 1 saturated heterocycles. The molecule has 150 valence electrons. The Morgan fingerprint density at radius 1 is 1.03 bits per heavy atom. The van der Waals surface area contributed by atoms with E-state index in [9.17, 15) is 0 Å². The van der Waals surface area contributed by atoms with Gasteiger partial charge >= 0.3 is 0 Å². The van der Waals surface area contributed by atoms with Crippen LogP contribution in [0.1, 0.15) is 62.4 Å². The predicted octanol–water partition coefficient (Wildman–Crippen LogP) is 3.76. The van der Waals surface area contributed by atoms with E-state index >= 15 is 0 Å². The lowest BCUT2D eigenvalue weighted by molar-refractivity contribution is 0.558. The van der Waals surface area contributed by atoms with Gasteiger partial charge in [-0.2, -0.15) is 0 Å². The van der Waals surface area contributed by atoms with Gasteiger partial charge in [0.1, 0.15) is 17.3 Å². The molecular weight excluding hydrogens is 362 g/mol. The first kappa shape index (κ1) is 18.2. The van der Waals surface area contributed by atoms with Gasteiger partial charge in [0, 0.05) is 37.5 Å². The van der Waals surface area contributed by atoms with Gasteiger partial charge in [-0.05, 0) is 44.2 Å².